The van der Waals surface area contributed by atoms with Crippen molar-refractivity contribution >= 4 is 27.6 Å². The molecule has 0 aliphatic carbocycles. The summed E-state index contributed by atoms with van der Waals surface area (Å²) in [5, 5.41) is 9.26. The van der Waals surface area contributed by atoms with E-state index >= 15 is 0 Å². The number of aromatic nitrogens is 3. The van der Waals surface area contributed by atoms with E-state index in [0.717, 1.165) is 23.2 Å². The summed E-state index contributed by atoms with van der Waals surface area (Å²) >= 11 is 1.36. The fraction of sp³-hybridized carbons (Fsp3) is 0.375. The van der Waals surface area contributed by atoms with Crippen LogP contribution in [0.3, 0.4) is 0 Å². The Morgan fingerprint density at radius 3 is 2.24 bits per heavy atom. The standard InChI is InChI=1S/C24H30N4O3S2/c1-24(2,3)20-12-10-19(11-13-20)22-26-27-23(28(22)4)32-16-21(29)18-8-6-17(7-9-18)14-15-25-33(5,30)31/h6-13,25H,14-16H2,1-5H3. The van der Waals surface area contributed by atoms with Gasteiger partial charge in [-0.3, -0.25) is 4.79 Å². The average molecular weight is 487 g/mol. The van der Waals surface area contributed by atoms with Crippen molar-refractivity contribution in [3.05, 3.63) is 65.2 Å². The normalized spacial score (nSPS) is 12.2. The lowest BCUT2D eigenvalue weighted by molar-refractivity contribution is 0.102. The maximum Gasteiger partial charge on any atom is 0.208 e. The van der Waals surface area contributed by atoms with Gasteiger partial charge in [-0.05, 0) is 23.0 Å². The van der Waals surface area contributed by atoms with Crippen molar-refractivity contribution in [2.24, 2.45) is 7.05 Å². The molecule has 0 fully saturated rings. The van der Waals surface area contributed by atoms with Crippen molar-refractivity contribution in [3.8, 4) is 11.4 Å². The Hall–Kier alpha value is -2.49. The van der Waals surface area contributed by atoms with Crippen molar-refractivity contribution in [1.29, 1.82) is 0 Å². The molecule has 3 rings (SSSR count). The molecule has 0 bridgehead atoms. The molecule has 3 aromatic rings. The first kappa shape index (κ1) is 25.1. The number of sulfonamides is 1. The molecule has 0 aliphatic heterocycles. The van der Waals surface area contributed by atoms with E-state index in [0.29, 0.717) is 23.7 Å². The Bertz CT molecular complexity index is 1210. The number of ketones is 1. The van der Waals surface area contributed by atoms with Gasteiger partial charge in [-0.2, -0.15) is 0 Å². The molecule has 9 heteroatoms. The van der Waals surface area contributed by atoms with Crippen LogP contribution in [0.1, 0.15) is 42.3 Å². The highest BCUT2D eigenvalue weighted by Crippen LogP contribution is 2.27. The number of hydrogen-bond donors (Lipinski definition) is 1. The maximum atomic E-state index is 12.6. The van der Waals surface area contributed by atoms with Gasteiger partial charge < -0.3 is 4.57 Å². The first-order valence-electron chi connectivity index (χ1n) is 10.6. The lowest BCUT2D eigenvalue weighted by atomic mass is 9.87. The summed E-state index contributed by atoms with van der Waals surface area (Å²) in [6.07, 6.45) is 1.70. The van der Waals surface area contributed by atoms with E-state index in [4.69, 9.17) is 0 Å². The molecule has 33 heavy (non-hydrogen) atoms. The van der Waals surface area contributed by atoms with Crippen molar-refractivity contribution in [1.82, 2.24) is 19.5 Å². The number of nitrogens with one attached hydrogen (secondary N) is 1. The highest BCUT2D eigenvalue weighted by Gasteiger charge is 2.16. The fourth-order valence-electron chi connectivity index (χ4n) is 3.26. The first-order chi connectivity index (χ1) is 15.4. The van der Waals surface area contributed by atoms with Gasteiger partial charge in [0.15, 0.2) is 16.8 Å². The third-order valence-corrected chi connectivity index (χ3v) is 6.98. The lowest BCUT2D eigenvalue weighted by Gasteiger charge is -2.19. The molecule has 0 atom stereocenters. The minimum atomic E-state index is -3.20. The molecule has 0 aliphatic rings. The van der Waals surface area contributed by atoms with Crippen LogP contribution in [-0.4, -0.2) is 47.5 Å². The van der Waals surface area contributed by atoms with Crippen LogP contribution < -0.4 is 4.72 Å². The van der Waals surface area contributed by atoms with Gasteiger partial charge in [-0.15, -0.1) is 10.2 Å². The SMILES string of the molecule is Cn1c(SCC(=O)c2ccc(CCNS(C)(=O)=O)cc2)nnc1-c1ccc(C(C)(C)C)cc1. The van der Waals surface area contributed by atoms with Crippen molar-refractivity contribution in [2.75, 3.05) is 18.6 Å². The van der Waals surface area contributed by atoms with E-state index in [-0.39, 0.29) is 17.0 Å². The van der Waals surface area contributed by atoms with Crippen LogP contribution in [0.2, 0.25) is 0 Å². The van der Waals surface area contributed by atoms with Gasteiger partial charge in [0.25, 0.3) is 0 Å². The van der Waals surface area contributed by atoms with E-state index in [9.17, 15) is 13.2 Å². The highest BCUT2D eigenvalue weighted by atomic mass is 32.2. The molecule has 7 nitrogen and oxygen atoms in total. The van der Waals surface area contributed by atoms with Gasteiger partial charge in [-0.25, -0.2) is 13.1 Å². The molecular formula is C24H30N4O3S2. The predicted octanol–water partition coefficient (Wildman–Crippen LogP) is 3.85. The molecule has 1 N–H and O–H groups in total. The summed E-state index contributed by atoms with van der Waals surface area (Å²) in [5.41, 5.74) is 3.90. The molecule has 1 aromatic heterocycles. The molecule has 1 heterocycles. The van der Waals surface area contributed by atoms with Crippen LogP contribution >= 0.6 is 11.8 Å². The van der Waals surface area contributed by atoms with Gasteiger partial charge in [0, 0.05) is 24.7 Å². The Morgan fingerprint density at radius 1 is 1.03 bits per heavy atom. The third-order valence-electron chi connectivity index (χ3n) is 5.23. The molecule has 0 spiro atoms. The lowest BCUT2D eigenvalue weighted by Crippen LogP contribution is -2.24. The summed E-state index contributed by atoms with van der Waals surface area (Å²) in [4.78, 5) is 12.6. The summed E-state index contributed by atoms with van der Waals surface area (Å²) in [7, 11) is -1.30. The van der Waals surface area contributed by atoms with E-state index in [2.05, 4.69) is 60.0 Å². The average Bonchev–Trinajstić information content (AvgIpc) is 3.11. The van der Waals surface area contributed by atoms with Crippen molar-refractivity contribution in [2.45, 2.75) is 37.8 Å². The molecule has 0 saturated carbocycles. The molecule has 0 radical (unpaired) electrons. The van der Waals surface area contributed by atoms with Crippen LogP contribution in [0.15, 0.2) is 53.7 Å². The number of carbonyl (C=O) groups is 1. The second-order valence-corrected chi connectivity index (χ2v) is 11.8. The summed E-state index contributed by atoms with van der Waals surface area (Å²) in [6.45, 7) is 6.87. The van der Waals surface area contributed by atoms with Crippen LogP contribution in [0.4, 0.5) is 0 Å². The minimum absolute atomic E-state index is 0.000101. The molecular weight excluding hydrogens is 456 g/mol. The monoisotopic (exact) mass is 486 g/mol. The second-order valence-electron chi connectivity index (χ2n) is 9.02. The number of carbonyl (C=O) groups excluding carboxylic acids is 1. The topological polar surface area (TPSA) is 94.0 Å². The smallest absolute Gasteiger partial charge is 0.208 e. The van der Waals surface area contributed by atoms with Gasteiger partial charge in [0.2, 0.25) is 10.0 Å². The molecule has 0 saturated heterocycles. The van der Waals surface area contributed by atoms with Crippen LogP contribution in [0.25, 0.3) is 11.4 Å². The van der Waals surface area contributed by atoms with Crippen LogP contribution in [0, 0.1) is 0 Å². The number of hydrogen-bond acceptors (Lipinski definition) is 6. The maximum absolute atomic E-state index is 12.6. The number of thioether (sulfide) groups is 1. The Kier molecular flexibility index (Phi) is 7.76. The first-order valence-corrected chi connectivity index (χ1v) is 13.5. The fourth-order valence-corrected chi connectivity index (χ4v) is 4.54. The van der Waals surface area contributed by atoms with E-state index in [1.54, 1.807) is 12.1 Å². The zero-order valence-corrected chi connectivity index (χ0v) is 21.3. The molecule has 0 amide bonds. The van der Waals surface area contributed by atoms with Gasteiger partial charge in [0.1, 0.15) is 0 Å². The highest BCUT2D eigenvalue weighted by molar-refractivity contribution is 7.99. The van der Waals surface area contributed by atoms with Crippen LogP contribution in [-0.2, 0) is 28.9 Å². The number of rotatable bonds is 9. The Morgan fingerprint density at radius 2 is 1.67 bits per heavy atom. The van der Waals surface area contributed by atoms with Gasteiger partial charge in [0.05, 0.1) is 12.0 Å². The molecule has 2 aromatic carbocycles. The third kappa shape index (κ3) is 6.99. The van der Waals surface area contributed by atoms with Gasteiger partial charge >= 0.3 is 0 Å². The largest absolute Gasteiger partial charge is 0.305 e. The Balaban J connectivity index is 1.59. The van der Waals surface area contributed by atoms with Gasteiger partial charge in [-0.1, -0.05) is 81.1 Å². The number of benzene rings is 2. The quantitative estimate of drug-likeness (QED) is 0.365. The van der Waals surface area contributed by atoms with Crippen molar-refractivity contribution < 1.29 is 13.2 Å². The number of nitrogens with zero attached hydrogens (tertiary/aromatic N) is 3. The minimum Gasteiger partial charge on any atom is -0.305 e. The van der Waals surface area contributed by atoms with E-state index in [1.807, 2.05) is 23.7 Å². The van der Waals surface area contributed by atoms with Crippen molar-refractivity contribution in [3.63, 3.8) is 0 Å². The zero-order valence-electron chi connectivity index (χ0n) is 19.6. The number of Topliss-reactive ketones (excluding diaryl/α,β-unsaturated/α-hetero) is 1. The van der Waals surface area contributed by atoms with Crippen LogP contribution in [0.5, 0.6) is 0 Å². The second kappa shape index (κ2) is 10.2. The van der Waals surface area contributed by atoms with E-state index in [1.165, 1.54) is 17.3 Å². The summed E-state index contributed by atoms with van der Waals surface area (Å²) in [5.74, 6) is 1.02. The Labute approximate surface area is 200 Å². The summed E-state index contributed by atoms with van der Waals surface area (Å²) in [6, 6.07) is 15.6. The zero-order chi connectivity index (χ0) is 24.2. The molecule has 176 valence electrons. The summed E-state index contributed by atoms with van der Waals surface area (Å²) < 4.78 is 26.6. The predicted molar refractivity (Wildman–Crippen MR) is 133 cm³/mol. The van der Waals surface area contributed by atoms with E-state index < -0.39 is 10.0 Å². The molecule has 0 unspecified atom stereocenters.